The molecular weight excluding hydrogens is 456 g/mol. The van der Waals surface area contributed by atoms with E-state index >= 15 is 0 Å². The first-order chi connectivity index (χ1) is 16.5. The largest absolute Gasteiger partial charge is 0.506 e. The highest BCUT2D eigenvalue weighted by Crippen LogP contribution is 2.44. The van der Waals surface area contributed by atoms with Crippen LogP contribution < -0.4 is 0 Å². The second-order valence-corrected chi connectivity index (χ2v) is 11.6. The number of hydrogen-bond acceptors (Lipinski definition) is 3. The molecule has 3 aromatic carbocycles. The average Bonchev–Trinajstić information content (AvgIpc) is 2.83. The smallest absolute Gasteiger partial charge is 0.298 e. The molecule has 2 N–H and O–H groups in total. The van der Waals surface area contributed by atoms with Gasteiger partial charge in [-0.1, -0.05) is 114 Å². The van der Waals surface area contributed by atoms with Crippen molar-refractivity contribution in [2.24, 2.45) is 0 Å². The predicted molar refractivity (Wildman–Crippen MR) is 143 cm³/mol. The topological polar surface area (TPSA) is 74.6 Å². The molecule has 0 saturated carbocycles. The number of aromatic hydroxyl groups is 1. The SMILES string of the molecule is CCCCCC(C)(C)c1cc(C(CC(C)c2ccccc2)c2ccccc2)c(O)c(S(=O)(=O)O)c1. The van der Waals surface area contributed by atoms with Gasteiger partial charge >= 0.3 is 0 Å². The van der Waals surface area contributed by atoms with Gasteiger partial charge in [-0.2, -0.15) is 8.42 Å². The van der Waals surface area contributed by atoms with Gasteiger partial charge in [0, 0.05) is 11.5 Å². The second kappa shape index (κ2) is 11.4. The minimum atomic E-state index is -4.61. The summed E-state index contributed by atoms with van der Waals surface area (Å²) >= 11 is 0. The van der Waals surface area contributed by atoms with Crippen LogP contribution >= 0.6 is 0 Å². The summed E-state index contributed by atoms with van der Waals surface area (Å²) in [4.78, 5) is -0.415. The van der Waals surface area contributed by atoms with E-state index in [-0.39, 0.29) is 23.0 Å². The molecule has 4 nitrogen and oxygen atoms in total. The molecule has 0 aliphatic rings. The molecule has 2 unspecified atom stereocenters. The van der Waals surface area contributed by atoms with E-state index in [1.807, 2.05) is 54.6 Å². The molecule has 0 aliphatic carbocycles. The van der Waals surface area contributed by atoms with Crippen molar-refractivity contribution in [3.05, 3.63) is 95.1 Å². The van der Waals surface area contributed by atoms with Gasteiger partial charge in [0.2, 0.25) is 0 Å². The van der Waals surface area contributed by atoms with Crippen molar-refractivity contribution in [2.45, 2.75) is 81.9 Å². The molecule has 0 amide bonds. The van der Waals surface area contributed by atoms with Crippen LogP contribution in [0.25, 0.3) is 0 Å². The number of hydrogen-bond donors (Lipinski definition) is 2. The maximum absolute atomic E-state index is 12.3. The molecule has 0 aliphatic heterocycles. The lowest BCUT2D eigenvalue weighted by atomic mass is 9.76. The van der Waals surface area contributed by atoms with Crippen LogP contribution in [0, 0.1) is 0 Å². The summed E-state index contributed by atoms with van der Waals surface area (Å²) in [5, 5.41) is 11.2. The van der Waals surface area contributed by atoms with Gasteiger partial charge in [0.15, 0.2) is 0 Å². The molecule has 0 aromatic heterocycles. The summed E-state index contributed by atoms with van der Waals surface area (Å²) in [7, 11) is -4.61. The van der Waals surface area contributed by atoms with Crippen molar-refractivity contribution in [1.82, 2.24) is 0 Å². The van der Waals surface area contributed by atoms with Crippen molar-refractivity contribution in [1.29, 1.82) is 0 Å². The van der Waals surface area contributed by atoms with E-state index in [2.05, 4.69) is 39.8 Å². The molecule has 5 heteroatoms. The normalized spacial score (nSPS) is 14.0. The Bertz CT molecular complexity index is 1200. The third kappa shape index (κ3) is 6.74. The Hall–Kier alpha value is -2.63. The van der Waals surface area contributed by atoms with E-state index in [9.17, 15) is 18.1 Å². The molecule has 3 aromatic rings. The first kappa shape index (κ1) is 27.0. The Morgan fingerprint density at radius 1 is 0.886 bits per heavy atom. The van der Waals surface area contributed by atoms with Gasteiger partial charge in [0.25, 0.3) is 10.1 Å². The summed E-state index contributed by atoms with van der Waals surface area (Å²) < 4.78 is 34.7. The van der Waals surface area contributed by atoms with Gasteiger partial charge in [0.1, 0.15) is 10.6 Å². The Morgan fingerprint density at radius 3 is 2.00 bits per heavy atom. The number of benzene rings is 3. The summed E-state index contributed by atoms with van der Waals surface area (Å²) in [5.74, 6) is -0.454. The van der Waals surface area contributed by atoms with Crippen molar-refractivity contribution in [3.63, 3.8) is 0 Å². The van der Waals surface area contributed by atoms with E-state index in [0.29, 0.717) is 12.0 Å². The van der Waals surface area contributed by atoms with Gasteiger partial charge in [-0.15, -0.1) is 0 Å². The molecule has 0 radical (unpaired) electrons. The van der Waals surface area contributed by atoms with Gasteiger partial charge in [0.05, 0.1) is 0 Å². The van der Waals surface area contributed by atoms with E-state index in [1.54, 1.807) is 0 Å². The van der Waals surface area contributed by atoms with Gasteiger partial charge < -0.3 is 5.11 Å². The fourth-order valence-corrected chi connectivity index (χ4v) is 5.48. The Kier molecular flexibility index (Phi) is 8.79. The molecule has 0 saturated heterocycles. The molecule has 0 heterocycles. The molecule has 0 spiro atoms. The fraction of sp³-hybridized carbons (Fsp3) is 0.400. The van der Waals surface area contributed by atoms with Crippen LogP contribution in [0.1, 0.15) is 93.9 Å². The van der Waals surface area contributed by atoms with Crippen LogP contribution in [0.4, 0.5) is 0 Å². The summed E-state index contributed by atoms with van der Waals surface area (Å²) in [6.45, 7) is 8.48. The highest BCUT2D eigenvalue weighted by molar-refractivity contribution is 7.86. The van der Waals surface area contributed by atoms with Crippen molar-refractivity contribution in [3.8, 4) is 5.75 Å². The van der Waals surface area contributed by atoms with Gasteiger partial charge in [-0.25, -0.2) is 0 Å². The number of rotatable bonds is 11. The van der Waals surface area contributed by atoms with Crippen LogP contribution in [0.5, 0.6) is 5.75 Å². The predicted octanol–water partition coefficient (Wildman–Crippen LogP) is 7.82. The van der Waals surface area contributed by atoms with Crippen LogP contribution in [0.3, 0.4) is 0 Å². The quantitative estimate of drug-likeness (QED) is 0.210. The number of unbranched alkanes of at least 4 members (excludes halogenated alkanes) is 2. The van der Waals surface area contributed by atoms with Gasteiger partial charge in [-0.05, 0) is 46.9 Å². The fourth-order valence-electron chi connectivity index (χ4n) is 4.84. The molecule has 2 atom stereocenters. The van der Waals surface area contributed by atoms with Crippen LogP contribution in [-0.2, 0) is 15.5 Å². The average molecular weight is 495 g/mol. The minimum Gasteiger partial charge on any atom is -0.506 e. The van der Waals surface area contributed by atoms with E-state index in [0.717, 1.165) is 36.8 Å². The van der Waals surface area contributed by atoms with Crippen molar-refractivity contribution in [2.75, 3.05) is 0 Å². The zero-order valence-corrected chi connectivity index (χ0v) is 22.1. The third-order valence-electron chi connectivity index (χ3n) is 7.10. The summed E-state index contributed by atoms with van der Waals surface area (Å²) in [6.07, 6.45) is 4.77. The first-order valence-corrected chi connectivity index (χ1v) is 13.9. The summed E-state index contributed by atoms with van der Waals surface area (Å²) in [5.41, 5.74) is 3.20. The van der Waals surface area contributed by atoms with E-state index < -0.39 is 15.0 Å². The Labute approximate surface area is 210 Å². The zero-order chi connectivity index (χ0) is 25.6. The minimum absolute atomic E-state index is 0.163. The second-order valence-electron chi connectivity index (χ2n) is 10.2. The maximum atomic E-state index is 12.3. The van der Waals surface area contributed by atoms with E-state index in [1.165, 1.54) is 11.6 Å². The Morgan fingerprint density at radius 2 is 1.46 bits per heavy atom. The molecule has 188 valence electrons. The highest BCUT2D eigenvalue weighted by Gasteiger charge is 2.30. The number of phenolic OH excluding ortho intramolecular Hbond substituents is 1. The lowest BCUT2D eigenvalue weighted by Gasteiger charge is -2.29. The molecule has 3 rings (SSSR count). The summed E-state index contributed by atoms with van der Waals surface area (Å²) in [6, 6.07) is 23.4. The molecule has 0 fully saturated rings. The first-order valence-electron chi connectivity index (χ1n) is 12.5. The monoisotopic (exact) mass is 494 g/mol. The highest BCUT2D eigenvalue weighted by atomic mass is 32.2. The van der Waals surface area contributed by atoms with Crippen molar-refractivity contribution >= 4 is 10.1 Å². The Balaban J connectivity index is 2.17. The number of phenols is 1. The zero-order valence-electron chi connectivity index (χ0n) is 21.2. The lowest BCUT2D eigenvalue weighted by Crippen LogP contribution is -2.19. The van der Waals surface area contributed by atoms with Crippen LogP contribution in [-0.4, -0.2) is 18.1 Å². The van der Waals surface area contributed by atoms with E-state index in [4.69, 9.17) is 0 Å². The third-order valence-corrected chi connectivity index (χ3v) is 7.97. The van der Waals surface area contributed by atoms with Crippen LogP contribution in [0.15, 0.2) is 77.7 Å². The molecular formula is C30H38O4S. The van der Waals surface area contributed by atoms with Gasteiger partial charge in [-0.3, -0.25) is 4.55 Å². The lowest BCUT2D eigenvalue weighted by molar-refractivity contribution is 0.423. The maximum Gasteiger partial charge on any atom is 0.298 e. The molecule has 0 bridgehead atoms. The standard InChI is InChI=1S/C30H38O4S/c1-5-6-13-18-30(3,4)25-20-27(29(31)28(21-25)35(32,33)34)26(24-16-11-8-12-17-24)19-22(2)23-14-9-7-10-15-23/h7-12,14-17,20-22,26,31H,5-6,13,18-19H2,1-4H3,(H,32,33,34). The van der Waals surface area contributed by atoms with Crippen molar-refractivity contribution < 1.29 is 18.1 Å². The van der Waals surface area contributed by atoms with Crippen LogP contribution in [0.2, 0.25) is 0 Å². The molecule has 35 heavy (non-hydrogen) atoms.